The summed E-state index contributed by atoms with van der Waals surface area (Å²) in [7, 11) is 0. The van der Waals surface area contributed by atoms with Crippen molar-refractivity contribution in [2.75, 3.05) is 5.73 Å². The summed E-state index contributed by atoms with van der Waals surface area (Å²) in [6.07, 6.45) is 2.89. The highest BCUT2D eigenvalue weighted by molar-refractivity contribution is 5.95. The van der Waals surface area contributed by atoms with Gasteiger partial charge in [-0.15, -0.1) is 0 Å². The van der Waals surface area contributed by atoms with Crippen LogP contribution < -0.4 is 11.1 Å². The molecule has 19 heavy (non-hydrogen) atoms. The van der Waals surface area contributed by atoms with E-state index in [-0.39, 0.29) is 11.9 Å². The fraction of sp³-hybridized carbons (Fsp3) is 0.600. The summed E-state index contributed by atoms with van der Waals surface area (Å²) in [5.74, 6) is 0.947. The molecule has 1 aromatic rings. The molecule has 0 bridgehead atoms. The average molecular weight is 263 g/mol. The number of pyridine rings is 1. The zero-order valence-corrected chi connectivity index (χ0v) is 12.4. The number of hydrogen-bond acceptors (Lipinski definition) is 3. The zero-order chi connectivity index (χ0) is 14.4. The molecule has 0 spiro atoms. The summed E-state index contributed by atoms with van der Waals surface area (Å²) in [6, 6.07) is 3.61. The molecule has 3 N–H and O–H groups in total. The Balaban J connectivity index is 2.70. The number of aryl methyl sites for hydroxylation is 1. The molecular weight excluding hydrogens is 238 g/mol. The van der Waals surface area contributed by atoms with Crippen molar-refractivity contribution in [2.24, 2.45) is 5.92 Å². The predicted octanol–water partition coefficient (Wildman–Crippen LogP) is 2.78. The first-order valence-corrected chi connectivity index (χ1v) is 7.03. The molecule has 0 aliphatic carbocycles. The van der Waals surface area contributed by atoms with Gasteiger partial charge < -0.3 is 11.1 Å². The molecule has 2 atom stereocenters. The van der Waals surface area contributed by atoms with Gasteiger partial charge in [0.25, 0.3) is 5.91 Å². The number of nitrogens with zero attached hydrogens (tertiary/aromatic N) is 1. The average Bonchev–Trinajstić information content (AvgIpc) is 2.37. The van der Waals surface area contributed by atoms with Gasteiger partial charge in [-0.1, -0.05) is 27.2 Å². The molecule has 1 amide bonds. The van der Waals surface area contributed by atoms with Crippen LogP contribution >= 0.6 is 0 Å². The first-order valence-electron chi connectivity index (χ1n) is 7.03. The molecule has 1 aromatic heterocycles. The van der Waals surface area contributed by atoms with Gasteiger partial charge in [-0.3, -0.25) is 4.79 Å². The largest absolute Gasteiger partial charge is 0.384 e. The highest BCUT2D eigenvalue weighted by Crippen LogP contribution is 2.12. The van der Waals surface area contributed by atoms with Crippen molar-refractivity contribution in [1.82, 2.24) is 10.3 Å². The summed E-state index contributed by atoms with van der Waals surface area (Å²) >= 11 is 0. The molecule has 1 rings (SSSR count). The van der Waals surface area contributed by atoms with Crippen LogP contribution in [0.15, 0.2) is 12.1 Å². The van der Waals surface area contributed by atoms with Gasteiger partial charge in [-0.25, -0.2) is 4.98 Å². The maximum atomic E-state index is 12.2. The third-order valence-electron chi connectivity index (χ3n) is 3.35. The molecule has 0 fully saturated rings. The Bertz CT molecular complexity index is 431. The lowest BCUT2D eigenvalue weighted by Crippen LogP contribution is -2.33. The normalized spacial score (nSPS) is 13.9. The Morgan fingerprint density at radius 2 is 2.05 bits per heavy atom. The van der Waals surface area contributed by atoms with Crippen LogP contribution in [0.3, 0.4) is 0 Å². The van der Waals surface area contributed by atoms with Crippen LogP contribution in [-0.4, -0.2) is 16.9 Å². The third-order valence-corrected chi connectivity index (χ3v) is 3.35. The predicted molar refractivity (Wildman–Crippen MR) is 79.0 cm³/mol. The Hall–Kier alpha value is -1.58. The number of carbonyl (C=O) groups excluding carboxylic acids is 1. The molecular formula is C15H25N3O. The van der Waals surface area contributed by atoms with Gasteiger partial charge in [-0.05, 0) is 37.8 Å². The maximum absolute atomic E-state index is 12.2. The van der Waals surface area contributed by atoms with Gasteiger partial charge in [0.1, 0.15) is 5.82 Å². The fourth-order valence-electron chi connectivity index (χ4n) is 2.06. The number of nitrogen functional groups attached to an aromatic ring is 1. The van der Waals surface area contributed by atoms with Crippen molar-refractivity contribution in [3.63, 3.8) is 0 Å². The van der Waals surface area contributed by atoms with Crippen LogP contribution in [0.25, 0.3) is 0 Å². The summed E-state index contributed by atoms with van der Waals surface area (Å²) in [5.41, 5.74) is 7.16. The molecule has 4 nitrogen and oxygen atoms in total. The first kappa shape index (κ1) is 15.5. The van der Waals surface area contributed by atoms with Crippen LogP contribution in [-0.2, 0) is 6.42 Å². The molecule has 2 unspecified atom stereocenters. The van der Waals surface area contributed by atoms with Gasteiger partial charge in [0, 0.05) is 17.3 Å². The van der Waals surface area contributed by atoms with E-state index in [2.05, 4.69) is 24.1 Å². The lowest BCUT2D eigenvalue weighted by Gasteiger charge is -2.17. The van der Waals surface area contributed by atoms with Crippen LogP contribution in [0, 0.1) is 5.92 Å². The summed E-state index contributed by atoms with van der Waals surface area (Å²) < 4.78 is 0. The topological polar surface area (TPSA) is 68.0 Å². The minimum absolute atomic E-state index is 0.0698. The molecule has 0 radical (unpaired) electrons. The molecule has 4 heteroatoms. The highest BCUT2D eigenvalue weighted by atomic mass is 16.1. The van der Waals surface area contributed by atoms with Gasteiger partial charge in [0.05, 0.1) is 0 Å². The van der Waals surface area contributed by atoms with E-state index in [1.54, 1.807) is 6.07 Å². The van der Waals surface area contributed by atoms with Crippen molar-refractivity contribution in [2.45, 2.75) is 53.0 Å². The standard InChI is InChI=1S/C15H25N3O/c1-5-10(3)7-11(4)17-15(19)12-8-13(6-2)18-14(16)9-12/h8-11H,5-7H2,1-4H3,(H2,16,18)(H,17,19). The molecule has 1 heterocycles. The molecule has 0 saturated heterocycles. The number of aromatic nitrogens is 1. The molecule has 0 saturated carbocycles. The lowest BCUT2D eigenvalue weighted by atomic mass is 10.00. The Morgan fingerprint density at radius 3 is 2.63 bits per heavy atom. The number of anilines is 1. The van der Waals surface area contributed by atoms with Gasteiger partial charge in [-0.2, -0.15) is 0 Å². The smallest absolute Gasteiger partial charge is 0.251 e. The van der Waals surface area contributed by atoms with Crippen molar-refractivity contribution in [3.8, 4) is 0 Å². The summed E-state index contributed by atoms with van der Waals surface area (Å²) in [4.78, 5) is 16.3. The summed E-state index contributed by atoms with van der Waals surface area (Å²) in [5, 5.41) is 3.02. The number of nitrogens with one attached hydrogen (secondary N) is 1. The van der Waals surface area contributed by atoms with Gasteiger partial charge in [0.15, 0.2) is 0 Å². The van der Waals surface area contributed by atoms with E-state index in [9.17, 15) is 4.79 Å². The molecule has 0 aliphatic rings. The first-order chi connectivity index (χ1) is 8.96. The second-order valence-corrected chi connectivity index (χ2v) is 5.25. The molecule has 0 aliphatic heterocycles. The van der Waals surface area contributed by atoms with Crippen LogP contribution in [0.2, 0.25) is 0 Å². The number of carbonyl (C=O) groups is 1. The van der Waals surface area contributed by atoms with E-state index in [0.29, 0.717) is 17.3 Å². The Morgan fingerprint density at radius 1 is 1.37 bits per heavy atom. The fourth-order valence-corrected chi connectivity index (χ4v) is 2.06. The van der Waals surface area contributed by atoms with Crippen LogP contribution in [0.5, 0.6) is 0 Å². The van der Waals surface area contributed by atoms with E-state index >= 15 is 0 Å². The van der Waals surface area contributed by atoms with Gasteiger partial charge in [0.2, 0.25) is 0 Å². The Kier molecular flexibility index (Phi) is 5.80. The second-order valence-electron chi connectivity index (χ2n) is 5.25. The van der Waals surface area contributed by atoms with E-state index in [0.717, 1.165) is 25.0 Å². The third kappa shape index (κ3) is 4.89. The highest BCUT2D eigenvalue weighted by Gasteiger charge is 2.13. The Labute approximate surface area is 115 Å². The van der Waals surface area contributed by atoms with Crippen LogP contribution in [0.1, 0.15) is 56.6 Å². The monoisotopic (exact) mass is 263 g/mol. The SMILES string of the molecule is CCc1cc(C(=O)NC(C)CC(C)CC)cc(N)n1. The second kappa shape index (κ2) is 7.12. The minimum Gasteiger partial charge on any atom is -0.384 e. The van der Waals surface area contributed by atoms with Gasteiger partial charge >= 0.3 is 0 Å². The van der Waals surface area contributed by atoms with E-state index in [1.807, 2.05) is 19.9 Å². The number of rotatable bonds is 6. The number of nitrogens with two attached hydrogens (primary N) is 1. The van der Waals surface area contributed by atoms with E-state index < -0.39 is 0 Å². The lowest BCUT2D eigenvalue weighted by molar-refractivity contribution is 0.0935. The molecule has 0 aromatic carbocycles. The van der Waals surface area contributed by atoms with Crippen LogP contribution in [0.4, 0.5) is 5.82 Å². The van der Waals surface area contributed by atoms with Crippen molar-refractivity contribution in [1.29, 1.82) is 0 Å². The maximum Gasteiger partial charge on any atom is 0.251 e. The number of amides is 1. The van der Waals surface area contributed by atoms with Crippen molar-refractivity contribution >= 4 is 11.7 Å². The zero-order valence-electron chi connectivity index (χ0n) is 12.4. The van der Waals surface area contributed by atoms with E-state index in [1.165, 1.54) is 0 Å². The quantitative estimate of drug-likeness (QED) is 0.829. The minimum atomic E-state index is -0.0698. The number of hydrogen-bond donors (Lipinski definition) is 2. The summed E-state index contributed by atoms with van der Waals surface area (Å²) in [6.45, 7) is 8.39. The van der Waals surface area contributed by atoms with Crippen molar-refractivity contribution in [3.05, 3.63) is 23.4 Å². The molecule has 106 valence electrons. The van der Waals surface area contributed by atoms with Crippen molar-refractivity contribution < 1.29 is 4.79 Å². The van der Waals surface area contributed by atoms with E-state index in [4.69, 9.17) is 5.73 Å².